The minimum atomic E-state index is -3.59. The third-order valence-corrected chi connectivity index (χ3v) is 8.84. The largest absolute Gasteiger partial charge is 0.494 e. The number of hydrogen-bond acceptors (Lipinski definition) is 5. The molecule has 3 rings (SSSR count). The molecule has 2 amide bonds. The minimum absolute atomic E-state index is 0.0509. The van der Waals surface area contributed by atoms with E-state index in [0.717, 1.165) is 31.9 Å². The fourth-order valence-electron chi connectivity index (χ4n) is 4.86. The molecule has 8 nitrogen and oxygen atoms in total. The molecule has 0 saturated heterocycles. The number of anilines is 1. The molecular formula is C29H39Cl2N3O5S. The van der Waals surface area contributed by atoms with Gasteiger partial charge in [-0.2, -0.15) is 0 Å². The smallest absolute Gasteiger partial charge is 0.242 e. The molecule has 0 heterocycles. The third kappa shape index (κ3) is 9.28. The number of sulfonamides is 1. The molecule has 11 heteroatoms. The Bertz CT molecular complexity index is 1250. The van der Waals surface area contributed by atoms with Crippen LogP contribution in [0.4, 0.5) is 5.69 Å². The lowest BCUT2D eigenvalue weighted by atomic mass is 9.95. The van der Waals surface area contributed by atoms with Crippen LogP contribution in [0.1, 0.15) is 64.4 Å². The summed E-state index contributed by atoms with van der Waals surface area (Å²) in [5.74, 6) is 0.168. The first-order valence-electron chi connectivity index (χ1n) is 13.7. The monoisotopic (exact) mass is 611 g/mol. The SMILES string of the molecule is CCOc1ccc(N(CCCC(=O)N(Cc2ccc(Cl)cc2Cl)C(C)C(=O)NC2CCCCC2)S(C)(=O)=O)cc1. The lowest BCUT2D eigenvalue weighted by Gasteiger charge is -2.32. The number of benzene rings is 2. The van der Waals surface area contributed by atoms with Crippen molar-refractivity contribution >= 4 is 50.7 Å². The van der Waals surface area contributed by atoms with Crippen LogP contribution in [0.15, 0.2) is 42.5 Å². The molecule has 0 aliphatic heterocycles. The van der Waals surface area contributed by atoms with Crippen LogP contribution in [-0.2, 0) is 26.2 Å². The zero-order valence-electron chi connectivity index (χ0n) is 23.4. The summed E-state index contributed by atoms with van der Waals surface area (Å²) in [5.41, 5.74) is 1.16. The average molecular weight is 613 g/mol. The first-order valence-corrected chi connectivity index (χ1v) is 16.3. The molecule has 0 spiro atoms. The highest BCUT2D eigenvalue weighted by atomic mass is 35.5. The Hall–Kier alpha value is -2.49. The summed E-state index contributed by atoms with van der Waals surface area (Å²) in [5, 5.41) is 3.99. The van der Waals surface area contributed by atoms with Gasteiger partial charge in [-0.25, -0.2) is 8.42 Å². The first kappa shape index (κ1) is 32.0. The van der Waals surface area contributed by atoms with Crippen molar-refractivity contribution in [1.82, 2.24) is 10.2 Å². The molecule has 1 fully saturated rings. The number of carbonyl (C=O) groups is 2. The normalized spacial score (nSPS) is 14.8. The zero-order valence-corrected chi connectivity index (χ0v) is 25.7. The van der Waals surface area contributed by atoms with Crippen molar-refractivity contribution in [3.8, 4) is 5.75 Å². The first-order chi connectivity index (χ1) is 19.0. The number of amides is 2. The highest BCUT2D eigenvalue weighted by Gasteiger charge is 2.29. The number of carbonyl (C=O) groups excluding carboxylic acids is 2. The maximum absolute atomic E-state index is 13.5. The Balaban J connectivity index is 1.73. The Morgan fingerprint density at radius 2 is 1.75 bits per heavy atom. The highest BCUT2D eigenvalue weighted by molar-refractivity contribution is 7.92. The van der Waals surface area contributed by atoms with Gasteiger partial charge >= 0.3 is 0 Å². The van der Waals surface area contributed by atoms with E-state index in [1.807, 2.05) is 6.92 Å². The van der Waals surface area contributed by atoms with Crippen molar-refractivity contribution < 1.29 is 22.7 Å². The van der Waals surface area contributed by atoms with Crippen LogP contribution in [0, 0.1) is 0 Å². The minimum Gasteiger partial charge on any atom is -0.494 e. The van der Waals surface area contributed by atoms with E-state index in [-0.39, 0.29) is 43.8 Å². The standard InChI is InChI=1S/C29H39Cl2N3O5S/c1-4-39-26-16-14-25(15-17-26)34(40(3,37)38)18-8-11-28(35)33(20-22-12-13-23(30)19-27(22)31)21(2)29(36)32-24-9-6-5-7-10-24/h12-17,19,21,24H,4-11,18,20H2,1-3H3,(H,32,36). The summed E-state index contributed by atoms with van der Waals surface area (Å²) >= 11 is 12.5. The van der Waals surface area contributed by atoms with Gasteiger partial charge < -0.3 is 15.0 Å². The molecule has 1 aliphatic rings. The van der Waals surface area contributed by atoms with E-state index in [1.165, 1.54) is 15.6 Å². The van der Waals surface area contributed by atoms with Crippen molar-refractivity contribution in [2.24, 2.45) is 0 Å². The molecule has 2 aromatic rings. The number of hydrogen-bond donors (Lipinski definition) is 1. The fraction of sp³-hybridized carbons (Fsp3) is 0.517. The van der Waals surface area contributed by atoms with Crippen LogP contribution >= 0.6 is 23.2 Å². The predicted octanol–water partition coefficient (Wildman–Crippen LogP) is 5.80. The fourth-order valence-corrected chi connectivity index (χ4v) is 6.30. The van der Waals surface area contributed by atoms with Gasteiger partial charge in [0.05, 0.1) is 18.6 Å². The molecule has 0 radical (unpaired) electrons. The van der Waals surface area contributed by atoms with E-state index in [9.17, 15) is 18.0 Å². The van der Waals surface area contributed by atoms with E-state index in [2.05, 4.69) is 5.32 Å². The molecule has 40 heavy (non-hydrogen) atoms. The average Bonchev–Trinajstić information content (AvgIpc) is 2.91. The summed E-state index contributed by atoms with van der Waals surface area (Å²) in [6.45, 7) is 4.33. The van der Waals surface area contributed by atoms with Crippen LogP contribution in [-0.4, -0.2) is 56.6 Å². The number of nitrogens with zero attached hydrogens (tertiary/aromatic N) is 2. The van der Waals surface area contributed by atoms with E-state index in [1.54, 1.807) is 49.4 Å². The maximum Gasteiger partial charge on any atom is 0.242 e. The molecular weight excluding hydrogens is 573 g/mol. The lowest BCUT2D eigenvalue weighted by Crippen LogP contribution is -2.50. The second kappa shape index (κ2) is 14.9. The Kier molecular flexibility index (Phi) is 12.0. The zero-order chi connectivity index (χ0) is 29.3. The van der Waals surface area contributed by atoms with Crippen molar-refractivity contribution in [1.29, 1.82) is 0 Å². The molecule has 1 saturated carbocycles. The van der Waals surface area contributed by atoms with Gasteiger partial charge in [0.25, 0.3) is 0 Å². The van der Waals surface area contributed by atoms with Gasteiger partial charge in [0.15, 0.2) is 0 Å². The van der Waals surface area contributed by atoms with E-state index >= 15 is 0 Å². The molecule has 0 aromatic heterocycles. The molecule has 1 unspecified atom stereocenters. The highest BCUT2D eigenvalue weighted by Crippen LogP contribution is 2.25. The third-order valence-electron chi connectivity index (χ3n) is 7.06. The molecule has 220 valence electrons. The van der Waals surface area contributed by atoms with Gasteiger partial charge in [-0.3, -0.25) is 13.9 Å². The van der Waals surface area contributed by atoms with E-state index in [0.29, 0.717) is 33.7 Å². The topological polar surface area (TPSA) is 96.0 Å². The number of rotatable bonds is 13. The molecule has 1 aliphatic carbocycles. The van der Waals surface area contributed by atoms with Crippen molar-refractivity contribution in [2.75, 3.05) is 23.7 Å². The van der Waals surface area contributed by atoms with Crippen LogP contribution in [0.25, 0.3) is 0 Å². The van der Waals surface area contributed by atoms with Crippen molar-refractivity contribution in [3.63, 3.8) is 0 Å². The summed E-state index contributed by atoms with van der Waals surface area (Å²) in [7, 11) is -3.59. The van der Waals surface area contributed by atoms with E-state index < -0.39 is 16.1 Å². The number of nitrogens with one attached hydrogen (secondary N) is 1. The lowest BCUT2D eigenvalue weighted by molar-refractivity contribution is -0.141. The Labute approximate surface area is 248 Å². The van der Waals surface area contributed by atoms with Gasteiger partial charge in [0.2, 0.25) is 21.8 Å². The van der Waals surface area contributed by atoms with Crippen LogP contribution in [0.3, 0.4) is 0 Å². The molecule has 0 bridgehead atoms. The number of ether oxygens (including phenoxy) is 1. The predicted molar refractivity (Wildman–Crippen MR) is 161 cm³/mol. The van der Waals surface area contributed by atoms with Crippen LogP contribution < -0.4 is 14.4 Å². The van der Waals surface area contributed by atoms with Crippen molar-refractivity contribution in [3.05, 3.63) is 58.1 Å². The summed E-state index contributed by atoms with van der Waals surface area (Å²) in [4.78, 5) is 28.3. The Morgan fingerprint density at radius 3 is 2.35 bits per heavy atom. The summed E-state index contributed by atoms with van der Waals surface area (Å²) in [6, 6.07) is 11.2. The van der Waals surface area contributed by atoms with E-state index in [4.69, 9.17) is 27.9 Å². The van der Waals surface area contributed by atoms with Crippen LogP contribution in [0.2, 0.25) is 10.0 Å². The molecule has 2 aromatic carbocycles. The molecule has 1 N–H and O–H groups in total. The van der Waals surface area contributed by atoms with Crippen molar-refractivity contribution in [2.45, 2.75) is 77.4 Å². The van der Waals surface area contributed by atoms with Gasteiger partial charge in [0.1, 0.15) is 11.8 Å². The van der Waals surface area contributed by atoms with Gasteiger partial charge in [-0.15, -0.1) is 0 Å². The maximum atomic E-state index is 13.5. The van der Waals surface area contributed by atoms with Gasteiger partial charge in [-0.1, -0.05) is 48.5 Å². The second-order valence-electron chi connectivity index (χ2n) is 10.1. The van der Waals surface area contributed by atoms with Crippen LogP contribution in [0.5, 0.6) is 5.75 Å². The van der Waals surface area contributed by atoms with Gasteiger partial charge in [0, 0.05) is 35.6 Å². The Morgan fingerprint density at radius 1 is 1.07 bits per heavy atom. The number of halogens is 2. The summed E-state index contributed by atoms with van der Waals surface area (Å²) in [6.07, 6.45) is 6.64. The second-order valence-corrected chi connectivity index (χ2v) is 12.9. The summed E-state index contributed by atoms with van der Waals surface area (Å²) < 4.78 is 31.9. The van der Waals surface area contributed by atoms with Gasteiger partial charge in [-0.05, 0) is 75.1 Å². The molecule has 1 atom stereocenters. The quantitative estimate of drug-likeness (QED) is 0.308.